The van der Waals surface area contributed by atoms with Gasteiger partial charge in [0.1, 0.15) is 5.78 Å². The van der Waals surface area contributed by atoms with E-state index >= 15 is 0 Å². The van der Waals surface area contributed by atoms with Crippen molar-refractivity contribution in [3.8, 4) is 0 Å². The monoisotopic (exact) mass is 466 g/mol. The van der Waals surface area contributed by atoms with E-state index in [4.69, 9.17) is 4.74 Å². The molecule has 0 aromatic carbocycles. The van der Waals surface area contributed by atoms with Gasteiger partial charge >= 0.3 is 5.97 Å². The fraction of sp³-hybridized carbons (Fsp3) is 0.880. The van der Waals surface area contributed by atoms with Crippen LogP contribution in [0.15, 0.2) is 5.16 Å². The average molecular weight is 467 g/mol. The van der Waals surface area contributed by atoms with Crippen molar-refractivity contribution in [3.05, 3.63) is 0 Å². The highest BCUT2D eigenvalue weighted by atomic mass is 35.5. The summed E-state index contributed by atoms with van der Waals surface area (Å²) < 4.78 is 5.33. The third-order valence-electron chi connectivity index (χ3n) is 10.6. The van der Waals surface area contributed by atoms with Crippen LogP contribution in [0.1, 0.15) is 71.6 Å². The smallest absolute Gasteiger partial charge is 0.308 e. The predicted octanol–water partition coefficient (Wildman–Crippen LogP) is 4.32. The number of esters is 1. The van der Waals surface area contributed by atoms with E-state index in [0.29, 0.717) is 24.2 Å². The number of hydrogen-bond donors (Lipinski definition) is 1. The molecule has 0 bridgehead atoms. The molecule has 7 heteroatoms. The quantitative estimate of drug-likeness (QED) is 0.372. The molecule has 32 heavy (non-hydrogen) atoms. The molecule has 4 aliphatic carbocycles. The van der Waals surface area contributed by atoms with Crippen LogP contribution in [0.3, 0.4) is 0 Å². The zero-order valence-electron chi connectivity index (χ0n) is 19.7. The van der Waals surface area contributed by atoms with Gasteiger partial charge in [-0.25, -0.2) is 0 Å². The van der Waals surface area contributed by atoms with Gasteiger partial charge in [0.15, 0.2) is 0 Å². The second kappa shape index (κ2) is 8.57. The van der Waals surface area contributed by atoms with Crippen LogP contribution in [0.4, 0.5) is 0 Å². The second-order valence-electron chi connectivity index (χ2n) is 11.4. The number of hydrogen-bond acceptors (Lipinski definition) is 6. The Hall–Kier alpha value is -1.14. The molecule has 6 nitrogen and oxygen atoms in total. The minimum absolute atomic E-state index is 0. The highest BCUT2D eigenvalue weighted by Gasteiger charge is 2.65. The lowest BCUT2D eigenvalue weighted by Gasteiger charge is -2.62. The van der Waals surface area contributed by atoms with Crippen LogP contribution in [-0.4, -0.2) is 53.8 Å². The molecule has 5 fully saturated rings. The molecule has 0 radical (unpaired) electrons. The number of carbonyl (C=O) groups is 2. The van der Waals surface area contributed by atoms with Crippen molar-refractivity contribution in [3.63, 3.8) is 0 Å². The van der Waals surface area contributed by atoms with Crippen LogP contribution in [0.25, 0.3) is 0 Å². The van der Waals surface area contributed by atoms with Crippen molar-refractivity contribution >= 4 is 29.9 Å². The summed E-state index contributed by atoms with van der Waals surface area (Å²) in [7, 11) is 1.50. The van der Waals surface area contributed by atoms with Gasteiger partial charge in [-0.15, -0.1) is 12.4 Å². The minimum Gasteiger partial charge on any atom is -0.469 e. The van der Waals surface area contributed by atoms with Crippen molar-refractivity contribution in [2.45, 2.75) is 77.7 Å². The molecule has 8 atom stereocenters. The first-order valence-corrected chi connectivity index (χ1v) is 12.4. The molecular formula is C25H39ClN2O4. The van der Waals surface area contributed by atoms with Crippen LogP contribution in [0.2, 0.25) is 0 Å². The number of rotatable bonds is 2. The maximum Gasteiger partial charge on any atom is 0.308 e. The lowest BCUT2D eigenvalue weighted by molar-refractivity contribution is -0.166. The number of ether oxygens (including phenoxy) is 1. The number of halogens is 1. The van der Waals surface area contributed by atoms with Crippen molar-refractivity contribution in [1.82, 2.24) is 4.90 Å². The van der Waals surface area contributed by atoms with Gasteiger partial charge in [-0.2, -0.15) is 0 Å². The van der Waals surface area contributed by atoms with E-state index in [1.165, 1.54) is 20.0 Å². The van der Waals surface area contributed by atoms with E-state index < -0.39 is 0 Å². The van der Waals surface area contributed by atoms with E-state index in [1.807, 2.05) is 0 Å². The Morgan fingerprint density at radius 2 is 1.88 bits per heavy atom. The third-order valence-corrected chi connectivity index (χ3v) is 10.6. The first kappa shape index (κ1) is 24.0. The van der Waals surface area contributed by atoms with E-state index in [9.17, 15) is 14.8 Å². The third kappa shape index (κ3) is 3.26. The van der Waals surface area contributed by atoms with Crippen molar-refractivity contribution in [2.24, 2.45) is 45.6 Å². The first-order chi connectivity index (χ1) is 14.8. The van der Waals surface area contributed by atoms with Crippen LogP contribution in [0, 0.1) is 40.4 Å². The summed E-state index contributed by atoms with van der Waals surface area (Å²) in [6, 6.07) is 0.406. The van der Waals surface area contributed by atoms with Crippen molar-refractivity contribution < 1.29 is 19.5 Å². The molecule has 1 aliphatic heterocycles. The number of likely N-dealkylation sites (tertiary alicyclic amines) is 1. The Morgan fingerprint density at radius 3 is 2.53 bits per heavy atom. The molecular weight excluding hydrogens is 428 g/mol. The number of Topliss-reactive ketones (excluding diaryl/α,β-unsaturated/α-hetero) is 1. The van der Waals surface area contributed by atoms with Crippen LogP contribution in [0.5, 0.6) is 0 Å². The predicted molar refractivity (Wildman–Crippen MR) is 124 cm³/mol. The Labute approximate surface area is 197 Å². The zero-order valence-corrected chi connectivity index (χ0v) is 20.5. The highest BCUT2D eigenvalue weighted by molar-refractivity contribution is 5.92. The number of nitrogens with zero attached hydrogens (tertiary/aromatic N) is 2. The summed E-state index contributed by atoms with van der Waals surface area (Å²) in [5.41, 5.74) is 0.430. The second-order valence-corrected chi connectivity index (χ2v) is 11.4. The average Bonchev–Trinajstić information content (AvgIpc) is 3.40. The summed E-state index contributed by atoms with van der Waals surface area (Å²) in [5.74, 6) is 1.07. The molecule has 3 unspecified atom stereocenters. The number of fused-ring (bicyclic) bond motifs is 5. The molecule has 0 aromatic rings. The van der Waals surface area contributed by atoms with Gasteiger partial charge in [-0.1, -0.05) is 19.0 Å². The molecule has 4 saturated carbocycles. The van der Waals surface area contributed by atoms with Gasteiger partial charge in [-0.05, 0) is 81.7 Å². The lowest BCUT2D eigenvalue weighted by atomic mass is 9.42. The number of ketones is 1. The number of carbonyl (C=O) groups excluding carboxylic acids is 2. The Kier molecular flexibility index (Phi) is 6.43. The van der Waals surface area contributed by atoms with Crippen molar-refractivity contribution in [2.75, 3.05) is 20.2 Å². The SMILES string of the molecule is COC(=O)C1CC2CC(N3CCCC3)CC(=NO)[C@]2(C)[C@@H]2CC[C@]3(C)C(=O)CC[C@H]3[C@H]12.Cl. The van der Waals surface area contributed by atoms with Crippen molar-refractivity contribution in [1.29, 1.82) is 0 Å². The standard InChI is InChI=1S/C25H38N2O4.ClH/c1-24-9-8-19-22(18(24)6-7-21(24)28)17(23(29)31-3)13-15-12-16(27-10-4-5-11-27)14-20(26-30)25(15,19)2;/h15-19,22,30H,4-14H2,1-3H3;1H/t15?,16?,17?,18-,19+,22-,24-,25-;/m0./s1. The molecule has 0 spiro atoms. The summed E-state index contributed by atoms with van der Waals surface area (Å²) in [5, 5.41) is 14.1. The normalized spacial score (nSPS) is 47.3. The first-order valence-electron chi connectivity index (χ1n) is 12.4. The van der Waals surface area contributed by atoms with Gasteiger partial charge in [0.2, 0.25) is 0 Å². The van der Waals surface area contributed by atoms with Crippen LogP contribution < -0.4 is 0 Å². The van der Waals surface area contributed by atoms with Gasteiger partial charge < -0.3 is 9.94 Å². The fourth-order valence-electron chi connectivity index (χ4n) is 8.82. The molecule has 5 aliphatic rings. The molecule has 5 rings (SSSR count). The summed E-state index contributed by atoms with van der Waals surface area (Å²) in [6.45, 7) is 6.69. The molecule has 1 heterocycles. The summed E-state index contributed by atoms with van der Waals surface area (Å²) in [6.07, 6.45) is 8.50. The zero-order chi connectivity index (χ0) is 22.0. The highest BCUT2D eigenvalue weighted by Crippen LogP contribution is 2.66. The number of oxime groups is 1. The van der Waals surface area contributed by atoms with E-state index in [-0.39, 0.29) is 52.9 Å². The van der Waals surface area contributed by atoms with E-state index in [2.05, 4.69) is 23.9 Å². The largest absolute Gasteiger partial charge is 0.469 e. The van der Waals surface area contributed by atoms with Crippen LogP contribution >= 0.6 is 12.4 Å². The van der Waals surface area contributed by atoms with Gasteiger partial charge in [0.05, 0.1) is 18.7 Å². The maximum atomic E-state index is 13.1. The molecule has 1 N–H and O–H groups in total. The van der Waals surface area contributed by atoms with Gasteiger partial charge in [0.25, 0.3) is 0 Å². The molecule has 180 valence electrons. The van der Waals surface area contributed by atoms with E-state index in [0.717, 1.165) is 57.3 Å². The topological polar surface area (TPSA) is 79.2 Å². The minimum atomic E-state index is -0.306. The molecule has 0 amide bonds. The molecule has 1 saturated heterocycles. The summed E-state index contributed by atoms with van der Waals surface area (Å²) in [4.78, 5) is 28.5. The van der Waals surface area contributed by atoms with Gasteiger partial charge in [-0.3, -0.25) is 14.5 Å². The fourth-order valence-corrected chi connectivity index (χ4v) is 8.82. The number of methoxy groups -OCH3 is 1. The van der Waals surface area contributed by atoms with Crippen LogP contribution in [-0.2, 0) is 14.3 Å². The Bertz CT molecular complexity index is 797. The Balaban J connectivity index is 0.00000245. The van der Waals surface area contributed by atoms with Gasteiger partial charge in [0, 0.05) is 29.7 Å². The Morgan fingerprint density at radius 1 is 1.16 bits per heavy atom. The lowest BCUT2D eigenvalue weighted by Crippen LogP contribution is -2.62. The maximum absolute atomic E-state index is 13.1. The summed E-state index contributed by atoms with van der Waals surface area (Å²) >= 11 is 0. The molecule has 0 aromatic heterocycles. The van der Waals surface area contributed by atoms with E-state index in [1.54, 1.807) is 0 Å².